The van der Waals surface area contributed by atoms with Gasteiger partial charge in [0.1, 0.15) is 6.07 Å². The molecule has 2 rings (SSSR count). The highest BCUT2D eigenvalue weighted by molar-refractivity contribution is 5.37. The lowest BCUT2D eigenvalue weighted by atomic mass is 10.0. The minimum absolute atomic E-state index is 0.0582. The van der Waals surface area contributed by atoms with Gasteiger partial charge in [-0.2, -0.15) is 10.4 Å². The molecule has 2 heterocycles. The van der Waals surface area contributed by atoms with Gasteiger partial charge in [-0.3, -0.25) is 4.68 Å². The molecule has 86 valence electrons. The lowest BCUT2D eigenvalue weighted by molar-refractivity contribution is 0.272. The standard InChI is InChI=1S/C12H18N4/c1-12(2,3)16-11-8-15(4)6-5-9(11)10(7-13)14-16/h5-6,8H2,1-4H3. The number of rotatable bonds is 0. The Morgan fingerprint density at radius 1 is 1.38 bits per heavy atom. The van der Waals surface area contributed by atoms with Gasteiger partial charge in [0.25, 0.3) is 0 Å². The highest BCUT2D eigenvalue weighted by Gasteiger charge is 2.27. The number of fused-ring (bicyclic) bond motifs is 1. The first-order chi connectivity index (χ1) is 7.43. The maximum Gasteiger partial charge on any atom is 0.166 e. The summed E-state index contributed by atoms with van der Waals surface area (Å²) in [5.74, 6) is 0. The minimum atomic E-state index is -0.0582. The zero-order chi connectivity index (χ0) is 11.9. The smallest absolute Gasteiger partial charge is 0.166 e. The zero-order valence-corrected chi connectivity index (χ0v) is 10.4. The fourth-order valence-electron chi connectivity index (χ4n) is 2.19. The quantitative estimate of drug-likeness (QED) is 0.663. The van der Waals surface area contributed by atoms with Crippen LogP contribution >= 0.6 is 0 Å². The predicted octanol–water partition coefficient (Wildman–Crippen LogP) is 1.50. The molecule has 1 aromatic rings. The summed E-state index contributed by atoms with van der Waals surface area (Å²) < 4.78 is 2.01. The van der Waals surface area contributed by atoms with Gasteiger partial charge < -0.3 is 4.90 Å². The van der Waals surface area contributed by atoms with Crippen molar-refractivity contribution in [2.24, 2.45) is 0 Å². The van der Waals surface area contributed by atoms with Crippen molar-refractivity contribution in [1.29, 1.82) is 5.26 Å². The van der Waals surface area contributed by atoms with Gasteiger partial charge in [-0.15, -0.1) is 0 Å². The fraction of sp³-hybridized carbons (Fsp3) is 0.667. The van der Waals surface area contributed by atoms with Crippen LogP contribution in [0.25, 0.3) is 0 Å². The molecule has 16 heavy (non-hydrogen) atoms. The van der Waals surface area contributed by atoms with Gasteiger partial charge in [0, 0.05) is 18.7 Å². The SMILES string of the molecule is CN1CCc2c(C#N)nn(C(C)(C)C)c2C1. The third kappa shape index (κ3) is 1.72. The second kappa shape index (κ2) is 3.60. The van der Waals surface area contributed by atoms with Gasteiger partial charge in [-0.05, 0) is 34.2 Å². The van der Waals surface area contributed by atoms with Crippen LogP contribution in [-0.4, -0.2) is 28.3 Å². The summed E-state index contributed by atoms with van der Waals surface area (Å²) in [4.78, 5) is 2.27. The molecular weight excluding hydrogens is 200 g/mol. The Hall–Kier alpha value is -1.34. The van der Waals surface area contributed by atoms with Crippen molar-refractivity contribution >= 4 is 0 Å². The van der Waals surface area contributed by atoms with Gasteiger partial charge in [-0.25, -0.2) is 0 Å². The van der Waals surface area contributed by atoms with Crippen LogP contribution in [0.2, 0.25) is 0 Å². The largest absolute Gasteiger partial charge is 0.300 e. The Labute approximate surface area is 96.5 Å². The van der Waals surface area contributed by atoms with E-state index in [0.29, 0.717) is 5.69 Å². The summed E-state index contributed by atoms with van der Waals surface area (Å²) >= 11 is 0. The maximum absolute atomic E-state index is 9.10. The first-order valence-corrected chi connectivity index (χ1v) is 5.63. The minimum Gasteiger partial charge on any atom is -0.300 e. The van der Waals surface area contributed by atoms with Gasteiger partial charge in [0.15, 0.2) is 5.69 Å². The topological polar surface area (TPSA) is 44.9 Å². The lowest BCUT2D eigenvalue weighted by Crippen LogP contribution is -2.32. The maximum atomic E-state index is 9.10. The van der Waals surface area contributed by atoms with Crippen LogP contribution in [0, 0.1) is 11.3 Å². The second-order valence-corrected chi connectivity index (χ2v) is 5.46. The molecule has 0 atom stereocenters. The molecule has 0 fully saturated rings. The number of aromatic nitrogens is 2. The molecule has 0 amide bonds. The van der Waals surface area contributed by atoms with Crippen LogP contribution in [0.15, 0.2) is 0 Å². The summed E-state index contributed by atoms with van der Waals surface area (Å²) in [6.07, 6.45) is 0.935. The highest BCUT2D eigenvalue weighted by atomic mass is 15.3. The van der Waals surface area contributed by atoms with Crippen molar-refractivity contribution < 1.29 is 0 Å². The van der Waals surface area contributed by atoms with Crippen molar-refractivity contribution in [2.75, 3.05) is 13.6 Å². The van der Waals surface area contributed by atoms with E-state index in [2.05, 4.69) is 43.9 Å². The Bertz CT molecular complexity index is 445. The average Bonchev–Trinajstić information content (AvgIpc) is 2.54. The van der Waals surface area contributed by atoms with Gasteiger partial charge in [0.2, 0.25) is 0 Å². The third-order valence-corrected chi connectivity index (χ3v) is 2.99. The molecular formula is C12H18N4. The molecule has 0 saturated heterocycles. The van der Waals surface area contributed by atoms with E-state index in [0.717, 1.165) is 25.1 Å². The van der Waals surface area contributed by atoms with E-state index in [4.69, 9.17) is 5.26 Å². The van der Waals surface area contributed by atoms with Crippen molar-refractivity contribution in [3.8, 4) is 6.07 Å². The third-order valence-electron chi connectivity index (χ3n) is 2.99. The van der Waals surface area contributed by atoms with Crippen LogP contribution < -0.4 is 0 Å². The molecule has 0 saturated carbocycles. The Balaban J connectivity index is 2.56. The molecule has 0 radical (unpaired) electrons. The molecule has 0 bridgehead atoms. The fourth-order valence-corrected chi connectivity index (χ4v) is 2.19. The summed E-state index contributed by atoms with van der Waals surface area (Å²) in [6, 6.07) is 2.21. The molecule has 1 aliphatic heterocycles. The Kier molecular flexibility index (Phi) is 2.51. The van der Waals surface area contributed by atoms with Crippen molar-refractivity contribution in [3.05, 3.63) is 17.0 Å². The van der Waals surface area contributed by atoms with Gasteiger partial charge >= 0.3 is 0 Å². The molecule has 4 nitrogen and oxygen atoms in total. The van der Waals surface area contributed by atoms with Crippen molar-refractivity contribution in [2.45, 2.75) is 39.3 Å². The summed E-state index contributed by atoms with van der Waals surface area (Å²) in [7, 11) is 2.11. The van der Waals surface area contributed by atoms with Crippen molar-refractivity contribution in [1.82, 2.24) is 14.7 Å². The van der Waals surface area contributed by atoms with Crippen molar-refractivity contribution in [3.63, 3.8) is 0 Å². The van der Waals surface area contributed by atoms with E-state index in [1.165, 1.54) is 5.69 Å². The molecule has 0 N–H and O–H groups in total. The monoisotopic (exact) mass is 218 g/mol. The summed E-state index contributed by atoms with van der Waals surface area (Å²) in [6.45, 7) is 8.26. The Morgan fingerprint density at radius 2 is 2.06 bits per heavy atom. The molecule has 0 unspecified atom stereocenters. The number of nitriles is 1. The first-order valence-electron chi connectivity index (χ1n) is 5.63. The van der Waals surface area contributed by atoms with Crippen LogP contribution in [0.1, 0.15) is 37.7 Å². The normalized spacial score (nSPS) is 16.9. The zero-order valence-electron chi connectivity index (χ0n) is 10.4. The lowest BCUT2D eigenvalue weighted by Gasteiger charge is -2.28. The highest BCUT2D eigenvalue weighted by Crippen LogP contribution is 2.26. The number of hydrogen-bond acceptors (Lipinski definition) is 3. The van der Waals surface area contributed by atoms with Crippen LogP contribution in [0.4, 0.5) is 0 Å². The van der Waals surface area contributed by atoms with E-state index in [1.807, 2.05) is 4.68 Å². The molecule has 0 spiro atoms. The molecule has 0 aromatic carbocycles. The summed E-state index contributed by atoms with van der Waals surface area (Å²) in [5.41, 5.74) is 2.91. The number of hydrogen-bond donors (Lipinski definition) is 0. The summed E-state index contributed by atoms with van der Waals surface area (Å²) in [5, 5.41) is 13.5. The van der Waals surface area contributed by atoms with E-state index in [-0.39, 0.29) is 5.54 Å². The molecule has 4 heteroatoms. The first kappa shape index (κ1) is 11.2. The molecule has 1 aliphatic rings. The van der Waals surface area contributed by atoms with E-state index in [9.17, 15) is 0 Å². The average molecular weight is 218 g/mol. The molecule has 1 aromatic heterocycles. The predicted molar refractivity (Wildman–Crippen MR) is 62.0 cm³/mol. The van der Waals surface area contributed by atoms with Crippen LogP contribution in [-0.2, 0) is 18.5 Å². The van der Waals surface area contributed by atoms with Crippen LogP contribution in [0.5, 0.6) is 0 Å². The second-order valence-electron chi connectivity index (χ2n) is 5.46. The number of nitrogens with zero attached hydrogens (tertiary/aromatic N) is 4. The number of likely N-dealkylation sites (N-methyl/N-ethyl adjacent to an activating group) is 1. The Morgan fingerprint density at radius 3 is 2.62 bits per heavy atom. The van der Waals surface area contributed by atoms with E-state index >= 15 is 0 Å². The van der Waals surface area contributed by atoms with Crippen LogP contribution in [0.3, 0.4) is 0 Å². The van der Waals surface area contributed by atoms with Gasteiger partial charge in [0.05, 0.1) is 11.2 Å². The van der Waals surface area contributed by atoms with E-state index in [1.54, 1.807) is 0 Å². The van der Waals surface area contributed by atoms with E-state index < -0.39 is 0 Å². The van der Waals surface area contributed by atoms with Gasteiger partial charge in [-0.1, -0.05) is 0 Å². The molecule has 0 aliphatic carbocycles.